The van der Waals surface area contributed by atoms with Gasteiger partial charge < -0.3 is 11.1 Å². The Hall–Kier alpha value is -1.03. The molecular weight excluding hydrogens is 212 g/mol. The van der Waals surface area contributed by atoms with E-state index < -0.39 is 0 Å². The molecule has 2 rings (SSSR count). The Labute approximate surface area is 94.2 Å². The van der Waals surface area contributed by atoms with Crippen molar-refractivity contribution in [2.75, 3.05) is 11.1 Å². The Morgan fingerprint density at radius 2 is 2.07 bits per heavy atom. The smallest absolute Gasteiger partial charge is 0.150 e. The highest BCUT2D eigenvalue weighted by Gasteiger charge is 2.29. The summed E-state index contributed by atoms with van der Waals surface area (Å²) in [7, 11) is 0. The summed E-state index contributed by atoms with van der Waals surface area (Å²) in [6.45, 7) is 2.19. The van der Waals surface area contributed by atoms with Crippen LogP contribution in [0.5, 0.6) is 0 Å². The van der Waals surface area contributed by atoms with Gasteiger partial charge in [-0.3, -0.25) is 0 Å². The van der Waals surface area contributed by atoms with Crippen LogP contribution in [-0.4, -0.2) is 15.5 Å². The molecule has 5 heteroatoms. The topological polar surface area (TPSA) is 63.8 Å². The fraction of sp³-hybridized carbons (Fsp3) is 0.600. The molecule has 0 radical (unpaired) electrons. The minimum atomic E-state index is 0.102. The van der Waals surface area contributed by atoms with Gasteiger partial charge in [-0.05, 0) is 19.8 Å². The Kier molecular flexibility index (Phi) is 2.69. The Morgan fingerprint density at radius 1 is 1.40 bits per heavy atom. The Bertz CT molecular complexity index is 360. The second kappa shape index (κ2) is 3.85. The molecule has 1 aromatic rings. The SMILES string of the molecule is CC1(Nc2ncnc(N)c2Cl)CCCC1. The van der Waals surface area contributed by atoms with Crippen molar-refractivity contribution < 1.29 is 0 Å². The van der Waals surface area contributed by atoms with Crippen molar-refractivity contribution in [1.82, 2.24) is 9.97 Å². The van der Waals surface area contributed by atoms with E-state index in [1.165, 1.54) is 19.2 Å². The van der Waals surface area contributed by atoms with Gasteiger partial charge in [-0.2, -0.15) is 0 Å². The number of aromatic nitrogens is 2. The second-order valence-electron chi connectivity index (χ2n) is 4.31. The molecule has 4 nitrogen and oxygen atoms in total. The third-order valence-electron chi connectivity index (χ3n) is 2.94. The molecule has 0 amide bonds. The van der Waals surface area contributed by atoms with Crippen molar-refractivity contribution in [3.05, 3.63) is 11.3 Å². The highest BCUT2D eigenvalue weighted by atomic mass is 35.5. The summed E-state index contributed by atoms with van der Waals surface area (Å²) in [5, 5.41) is 3.79. The molecule has 0 atom stereocenters. The number of nitrogens with zero attached hydrogens (tertiary/aromatic N) is 2. The molecule has 0 unspecified atom stereocenters. The zero-order valence-electron chi connectivity index (χ0n) is 8.76. The van der Waals surface area contributed by atoms with Crippen LogP contribution in [0.25, 0.3) is 0 Å². The van der Waals surface area contributed by atoms with E-state index in [9.17, 15) is 0 Å². The zero-order chi connectivity index (χ0) is 10.9. The number of anilines is 2. The number of hydrogen-bond donors (Lipinski definition) is 2. The first-order chi connectivity index (χ1) is 7.11. The maximum absolute atomic E-state index is 6.02. The van der Waals surface area contributed by atoms with Crippen LogP contribution in [0, 0.1) is 0 Å². The molecule has 0 bridgehead atoms. The van der Waals surface area contributed by atoms with Crippen LogP contribution < -0.4 is 11.1 Å². The molecule has 0 saturated heterocycles. The van der Waals surface area contributed by atoms with Gasteiger partial charge in [0.2, 0.25) is 0 Å². The number of rotatable bonds is 2. The average Bonchev–Trinajstić information content (AvgIpc) is 2.60. The summed E-state index contributed by atoms with van der Waals surface area (Å²) in [4.78, 5) is 7.95. The highest BCUT2D eigenvalue weighted by Crippen LogP contribution is 2.34. The maximum atomic E-state index is 6.02. The van der Waals surface area contributed by atoms with Crippen LogP contribution in [0.15, 0.2) is 6.33 Å². The number of nitrogens with two attached hydrogens (primary N) is 1. The van der Waals surface area contributed by atoms with Crippen LogP contribution in [0.4, 0.5) is 11.6 Å². The molecule has 1 aromatic heterocycles. The third-order valence-corrected chi connectivity index (χ3v) is 3.32. The summed E-state index contributed by atoms with van der Waals surface area (Å²) < 4.78 is 0. The lowest BCUT2D eigenvalue weighted by Gasteiger charge is -2.26. The van der Waals surface area contributed by atoms with Gasteiger partial charge in [-0.15, -0.1) is 0 Å². The number of nitrogens with one attached hydrogen (secondary N) is 1. The molecule has 1 saturated carbocycles. The monoisotopic (exact) mass is 226 g/mol. The molecule has 3 N–H and O–H groups in total. The van der Waals surface area contributed by atoms with E-state index in [0.29, 0.717) is 16.7 Å². The molecule has 82 valence electrons. The van der Waals surface area contributed by atoms with Gasteiger partial charge in [0, 0.05) is 5.54 Å². The van der Waals surface area contributed by atoms with Crippen LogP contribution in [0.3, 0.4) is 0 Å². The van der Waals surface area contributed by atoms with Gasteiger partial charge in [-0.1, -0.05) is 24.4 Å². The lowest BCUT2D eigenvalue weighted by molar-refractivity contribution is 0.531. The maximum Gasteiger partial charge on any atom is 0.150 e. The van der Waals surface area contributed by atoms with Crippen molar-refractivity contribution in [2.45, 2.75) is 38.1 Å². The van der Waals surface area contributed by atoms with Gasteiger partial charge >= 0.3 is 0 Å². The van der Waals surface area contributed by atoms with Crippen LogP contribution in [0.1, 0.15) is 32.6 Å². The number of nitrogen functional groups attached to an aromatic ring is 1. The van der Waals surface area contributed by atoms with Crippen LogP contribution in [0.2, 0.25) is 5.02 Å². The highest BCUT2D eigenvalue weighted by molar-refractivity contribution is 6.35. The minimum Gasteiger partial charge on any atom is -0.382 e. The first-order valence-electron chi connectivity index (χ1n) is 5.15. The lowest BCUT2D eigenvalue weighted by atomic mass is 10.0. The Morgan fingerprint density at radius 3 is 2.73 bits per heavy atom. The summed E-state index contributed by atoms with van der Waals surface area (Å²) >= 11 is 6.02. The molecule has 0 aliphatic heterocycles. The van der Waals surface area contributed by atoms with Crippen molar-refractivity contribution >= 4 is 23.2 Å². The molecule has 0 aromatic carbocycles. The first kappa shape index (κ1) is 10.5. The van der Waals surface area contributed by atoms with Gasteiger partial charge in [0.1, 0.15) is 17.2 Å². The van der Waals surface area contributed by atoms with Gasteiger partial charge in [0.25, 0.3) is 0 Å². The molecule has 15 heavy (non-hydrogen) atoms. The minimum absolute atomic E-state index is 0.102. The van der Waals surface area contributed by atoms with Crippen molar-refractivity contribution in [1.29, 1.82) is 0 Å². The van der Waals surface area contributed by atoms with Gasteiger partial charge in [0.05, 0.1) is 0 Å². The molecule has 1 aliphatic rings. The zero-order valence-corrected chi connectivity index (χ0v) is 9.51. The summed E-state index contributed by atoms with van der Waals surface area (Å²) in [5.74, 6) is 0.976. The lowest BCUT2D eigenvalue weighted by Crippen LogP contribution is -2.31. The third kappa shape index (κ3) is 2.15. The molecule has 1 aliphatic carbocycles. The quantitative estimate of drug-likeness (QED) is 0.813. The van der Waals surface area contributed by atoms with E-state index in [1.54, 1.807) is 0 Å². The van der Waals surface area contributed by atoms with E-state index >= 15 is 0 Å². The van der Waals surface area contributed by atoms with Crippen LogP contribution in [-0.2, 0) is 0 Å². The normalized spacial score (nSPS) is 19.1. The van der Waals surface area contributed by atoms with E-state index in [1.807, 2.05) is 0 Å². The standard InChI is InChI=1S/C10H15ClN4/c1-10(4-2-3-5-10)15-9-7(11)8(12)13-6-14-9/h6H,2-5H2,1H3,(H3,12,13,14,15). The van der Waals surface area contributed by atoms with Crippen molar-refractivity contribution in [3.63, 3.8) is 0 Å². The number of hydrogen-bond acceptors (Lipinski definition) is 4. The van der Waals surface area contributed by atoms with Gasteiger partial charge in [-0.25, -0.2) is 9.97 Å². The van der Waals surface area contributed by atoms with E-state index in [4.69, 9.17) is 17.3 Å². The summed E-state index contributed by atoms with van der Waals surface area (Å²) in [6.07, 6.45) is 6.23. The van der Waals surface area contributed by atoms with Gasteiger partial charge in [0.15, 0.2) is 5.82 Å². The molecule has 0 spiro atoms. The van der Waals surface area contributed by atoms with E-state index in [-0.39, 0.29) is 5.54 Å². The predicted octanol–water partition coefficient (Wildman–Crippen LogP) is 2.46. The number of halogens is 1. The first-order valence-corrected chi connectivity index (χ1v) is 5.53. The van der Waals surface area contributed by atoms with Crippen molar-refractivity contribution in [3.8, 4) is 0 Å². The molecule has 1 fully saturated rings. The summed E-state index contributed by atoms with van der Waals surface area (Å²) in [5.41, 5.74) is 5.72. The predicted molar refractivity (Wildman–Crippen MR) is 62.0 cm³/mol. The van der Waals surface area contributed by atoms with E-state index in [0.717, 1.165) is 12.8 Å². The fourth-order valence-electron chi connectivity index (χ4n) is 2.04. The van der Waals surface area contributed by atoms with E-state index in [2.05, 4.69) is 22.2 Å². The molecule has 1 heterocycles. The van der Waals surface area contributed by atoms with Crippen LogP contribution >= 0.6 is 11.6 Å². The van der Waals surface area contributed by atoms with Crippen molar-refractivity contribution in [2.24, 2.45) is 0 Å². The average molecular weight is 227 g/mol. The fourth-order valence-corrected chi connectivity index (χ4v) is 2.18. The molecular formula is C10H15ClN4. The second-order valence-corrected chi connectivity index (χ2v) is 4.69. The largest absolute Gasteiger partial charge is 0.382 e. The summed E-state index contributed by atoms with van der Waals surface area (Å²) in [6, 6.07) is 0. The Balaban J connectivity index is 2.20.